The van der Waals surface area contributed by atoms with Gasteiger partial charge in [0, 0.05) is 88.0 Å². The molecular weight excluding hydrogens is 1530 g/mol. The van der Waals surface area contributed by atoms with E-state index in [0.717, 1.165) is 78.2 Å². The van der Waals surface area contributed by atoms with Gasteiger partial charge in [0.05, 0.1) is 0 Å². The van der Waals surface area contributed by atoms with Gasteiger partial charge in [-0.3, -0.25) is 0 Å². The summed E-state index contributed by atoms with van der Waals surface area (Å²) < 4.78 is 14.3. The van der Waals surface area contributed by atoms with E-state index in [4.69, 9.17) is 9.47 Å². The number of hydrogen-bond donors (Lipinski definition) is 1. The Morgan fingerprint density at radius 1 is 0.223 bits per heavy atom. The summed E-state index contributed by atoms with van der Waals surface area (Å²) in [6.45, 7) is 18.5. The molecule has 0 fully saturated rings. The molecule has 18 aromatic carbocycles. The van der Waals surface area contributed by atoms with Crippen LogP contribution in [0.1, 0.15) is 99.9 Å². The molecule has 0 bridgehead atoms. The number of fused-ring (bicyclic) bond motifs is 12. The lowest BCUT2D eigenvalue weighted by molar-refractivity contribution is 0.419. The molecule has 0 unspecified atom stereocenters. The number of benzene rings is 18. The zero-order valence-corrected chi connectivity index (χ0v) is 70.8. The first-order valence-electron chi connectivity index (χ1n) is 42.0. The molecule has 121 heavy (non-hydrogen) atoms. The maximum absolute atomic E-state index is 6.68. The van der Waals surface area contributed by atoms with Crippen LogP contribution in [0.15, 0.2) is 405 Å². The summed E-state index contributed by atoms with van der Waals surface area (Å²) in [4.78, 5) is 2.36. The lowest BCUT2D eigenvalue weighted by atomic mass is 9.75. The first-order chi connectivity index (χ1) is 58.9. The van der Waals surface area contributed by atoms with Crippen molar-refractivity contribution in [1.29, 1.82) is 0 Å². The van der Waals surface area contributed by atoms with Gasteiger partial charge in [-0.1, -0.05) is 375 Å². The fourth-order valence-corrected chi connectivity index (χ4v) is 19.5. The standard InChI is InChI=1S/C58H45NO.C42H35NO.C16H11Br/c1-57(2)51-19-8-7-16-49(51)50-36-29-42(37-54(50)57)38-23-30-43(31-24-38)59(44-32-25-40(26-33-44)47-17-11-14-39-13-5-6-15-46(39)47)45-34-27-41(28-35-45)48-18-12-21-53-56(48)60-55-22-10-9-20-52(55)58(53,3)4;1-41(2)35-12-6-5-10-33(35)34-25-20-29(26-38(34)41)27-16-21-30(22-17-27)43-31-23-18-28(19-24-31)32-11-9-14-37-40(32)44-39-15-8-7-13-36(39)42(37,3)4;17-14-10-8-13(9-11-14)16-7-3-5-12-4-1-2-6-15(12)16/h5-37H,1-4H3;5-26,43H,1-4H3;1-11H. The van der Waals surface area contributed by atoms with E-state index in [2.05, 4.69) is 476 Å². The van der Waals surface area contributed by atoms with E-state index in [9.17, 15) is 0 Å². The molecule has 18 aromatic rings. The normalized spacial score (nSPS) is 13.9. The zero-order valence-electron chi connectivity index (χ0n) is 69.2. The van der Waals surface area contributed by atoms with E-state index < -0.39 is 0 Å². The summed E-state index contributed by atoms with van der Waals surface area (Å²) in [6, 6.07) is 144. The van der Waals surface area contributed by atoms with Crippen molar-refractivity contribution in [3.05, 3.63) is 449 Å². The smallest absolute Gasteiger partial charge is 0.139 e. The topological polar surface area (TPSA) is 33.7 Å². The van der Waals surface area contributed by atoms with Crippen molar-refractivity contribution < 1.29 is 9.47 Å². The van der Waals surface area contributed by atoms with Crippen LogP contribution in [0, 0.1) is 0 Å². The monoisotopic (exact) mass is 1620 g/mol. The quantitative estimate of drug-likeness (QED) is 0.140. The van der Waals surface area contributed by atoms with Crippen molar-refractivity contribution in [1.82, 2.24) is 0 Å². The van der Waals surface area contributed by atoms with Crippen LogP contribution >= 0.6 is 15.9 Å². The Balaban J connectivity index is 0.000000133. The van der Waals surface area contributed by atoms with Gasteiger partial charge in [-0.25, -0.2) is 0 Å². The van der Waals surface area contributed by atoms with Crippen molar-refractivity contribution in [3.8, 4) is 112 Å². The summed E-state index contributed by atoms with van der Waals surface area (Å²) in [7, 11) is 0. The Morgan fingerprint density at radius 2 is 0.504 bits per heavy atom. The first-order valence-corrected chi connectivity index (χ1v) is 42.8. The predicted octanol–water partition coefficient (Wildman–Crippen LogP) is 32.8. The van der Waals surface area contributed by atoms with Gasteiger partial charge in [-0.2, -0.15) is 0 Å². The Morgan fingerprint density at radius 3 is 0.934 bits per heavy atom. The second kappa shape index (κ2) is 30.5. The predicted molar refractivity (Wildman–Crippen MR) is 511 cm³/mol. The Hall–Kier alpha value is -13.8. The van der Waals surface area contributed by atoms with Gasteiger partial charge in [0.2, 0.25) is 0 Å². The molecule has 0 spiro atoms. The van der Waals surface area contributed by atoms with Crippen LogP contribution in [0.3, 0.4) is 0 Å². The molecule has 0 saturated carbocycles. The van der Waals surface area contributed by atoms with Crippen molar-refractivity contribution in [3.63, 3.8) is 0 Å². The molecule has 0 radical (unpaired) electrons. The minimum atomic E-state index is -0.178. The molecule has 584 valence electrons. The van der Waals surface area contributed by atoms with E-state index in [1.807, 2.05) is 6.07 Å². The number of hydrogen-bond acceptors (Lipinski definition) is 4. The Bertz CT molecular complexity index is 7010. The third kappa shape index (κ3) is 13.7. The van der Waals surface area contributed by atoms with Crippen LogP contribution in [-0.2, 0) is 21.7 Å². The number of nitrogens with zero attached hydrogens (tertiary/aromatic N) is 1. The zero-order chi connectivity index (χ0) is 82.3. The maximum atomic E-state index is 6.68. The second-order valence-corrected chi connectivity index (χ2v) is 35.4. The third-order valence-corrected chi connectivity index (χ3v) is 26.4. The summed E-state index contributed by atoms with van der Waals surface area (Å²) in [6.07, 6.45) is 0. The molecule has 1 N–H and O–H groups in total. The van der Waals surface area contributed by atoms with E-state index in [1.165, 1.54) is 133 Å². The van der Waals surface area contributed by atoms with Gasteiger partial charge < -0.3 is 19.7 Å². The molecule has 0 atom stereocenters. The van der Waals surface area contributed by atoms with Crippen molar-refractivity contribution in [2.24, 2.45) is 0 Å². The van der Waals surface area contributed by atoms with Crippen LogP contribution in [0.2, 0.25) is 0 Å². The van der Waals surface area contributed by atoms with Crippen LogP contribution in [0.4, 0.5) is 28.4 Å². The van der Waals surface area contributed by atoms with Gasteiger partial charge in [0.25, 0.3) is 0 Å². The van der Waals surface area contributed by atoms with E-state index >= 15 is 0 Å². The number of anilines is 5. The number of nitrogens with one attached hydrogen (secondary N) is 1. The molecule has 2 aliphatic carbocycles. The van der Waals surface area contributed by atoms with E-state index in [0.29, 0.717) is 0 Å². The maximum Gasteiger partial charge on any atom is 0.139 e. The van der Waals surface area contributed by atoms with Gasteiger partial charge >= 0.3 is 0 Å². The number of para-hydroxylation sites is 4. The number of halogens is 1. The van der Waals surface area contributed by atoms with Gasteiger partial charge in [0.1, 0.15) is 23.0 Å². The lowest BCUT2D eigenvalue weighted by Gasteiger charge is -2.35. The minimum absolute atomic E-state index is 0.00145. The third-order valence-electron chi connectivity index (χ3n) is 25.9. The SMILES string of the molecule is Brc1ccc(-c2cccc3ccccc23)cc1.CC1(C)c2ccccc2-c2ccc(-c3ccc(N(c4ccc(-c5cccc6c5Oc5ccccc5C6(C)C)cc4)c4ccc(-c5cccc6ccccc56)cc4)cc3)cc21.CC1(C)c2ccccc2-c2ccc(-c3ccc(Nc4ccc(-c5cccc6c5Oc5ccccc5C6(C)C)cc4)cc3)cc21. The highest BCUT2D eigenvalue weighted by Crippen LogP contribution is 2.56. The second-order valence-electron chi connectivity index (χ2n) is 34.5. The van der Waals surface area contributed by atoms with Crippen molar-refractivity contribution in [2.75, 3.05) is 10.2 Å². The van der Waals surface area contributed by atoms with E-state index in [-0.39, 0.29) is 21.7 Å². The largest absolute Gasteiger partial charge is 0.456 e. The number of rotatable bonds is 11. The highest BCUT2D eigenvalue weighted by molar-refractivity contribution is 9.10. The minimum Gasteiger partial charge on any atom is -0.456 e. The van der Waals surface area contributed by atoms with Crippen LogP contribution in [0.5, 0.6) is 23.0 Å². The molecule has 2 heterocycles. The molecular formula is C116H91BrN2O2. The molecule has 0 amide bonds. The average molecular weight is 1620 g/mol. The molecule has 4 nitrogen and oxygen atoms in total. The van der Waals surface area contributed by atoms with Crippen molar-refractivity contribution >= 4 is 65.9 Å². The fraction of sp³-hybridized carbons (Fsp3) is 0.103. The van der Waals surface area contributed by atoms with Crippen LogP contribution in [0.25, 0.3) is 111 Å². The van der Waals surface area contributed by atoms with Crippen molar-refractivity contribution in [2.45, 2.75) is 77.0 Å². The summed E-state index contributed by atoms with van der Waals surface area (Å²) in [5.41, 5.74) is 35.2. The summed E-state index contributed by atoms with van der Waals surface area (Å²) in [5.74, 6) is 3.75. The lowest BCUT2D eigenvalue weighted by Crippen LogP contribution is -2.24. The van der Waals surface area contributed by atoms with Crippen LogP contribution < -0.4 is 19.7 Å². The molecule has 4 aliphatic rings. The Kier molecular flexibility index (Phi) is 19.1. The molecule has 0 aromatic heterocycles. The molecule has 0 saturated heterocycles. The summed E-state index contributed by atoms with van der Waals surface area (Å²) in [5, 5.41) is 8.68. The number of ether oxygens (including phenoxy) is 2. The fourth-order valence-electron chi connectivity index (χ4n) is 19.2. The van der Waals surface area contributed by atoms with Gasteiger partial charge in [-0.05, 0) is 219 Å². The first kappa shape index (κ1) is 75.9. The molecule has 2 aliphatic heterocycles. The van der Waals surface area contributed by atoms with Gasteiger partial charge in [-0.15, -0.1) is 0 Å². The van der Waals surface area contributed by atoms with E-state index in [1.54, 1.807) is 0 Å². The highest BCUT2D eigenvalue weighted by atomic mass is 79.9. The molecule has 22 rings (SSSR count). The van der Waals surface area contributed by atoms with Crippen LogP contribution in [-0.4, -0.2) is 0 Å². The average Bonchev–Trinajstić information content (AvgIpc) is 0.960. The summed E-state index contributed by atoms with van der Waals surface area (Å²) >= 11 is 3.47. The molecule has 5 heteroatoms. The Labute approximate surface area is 718 Å². The highest BCUT2D eigenvalue weighted by Gasteiger charge is 2.40. The van der Waals surface area contributed by atoms with Gasteiger partial charge in [0.15, 0.2) is 0 Å².